The zero-order valence-electron chi connectivity index (χ0n) is 23.9. The van der Waals surface area contributed by atoms with Gasteiger partial charge in [0.05, 0.1) is 12.6 Å². The lowest BCUT2D eigenvalue weighted by molar-refractivity contribution is -0.143. The highest BCUT2D eigenvalue weighted by atomic mass is 16.4. The number of aromatic nitrogens is 1. The fourth-order valence-corrected chi connectivity index (χ4v) is 4.74. The molecular weight excluding hydrogens is 562 g/mol. The second kappa shape index (κ2) is 15.4. The Labute approximate surface area is 254 Å². The van der Waals surface area contributed by atoms with Gasteiger partial charge in [-0.1, -0.05) is 78.9 Å². The van der Waals surface area contributed by atoms with Crippen molar-refractivity contribution in [2.24, 2.45) is 5.73 Å². The van der Waals surface area contributed by atoms with Gasteiger partial charge in [-0.3, -0.25) is 19.4 Å². The van der Waals surface area contributed by atoms with Crippen LogP contribution in [0.2, 0.25) is 0 Å². The van der Waals surface area contributed by atoms with Crippen molar-refractivity contribution in [3.05, 3.63) is 114 Å². The van der Waals surface area contributed by atoms with E-state index in [1.807, 2.05) is 48.5 Å². The summed E-state index contributed by atoms with van der Waals surface area (Å²) >= 11 is 0. The number of carbonyl (C=O) groups is 4. The van der Waals surface area contributed by atoms with Crippen LogP contribution in [0.5, 0.6) is 0 Å². The number of hydrogen-bond donors (Lipinski definition) is 6. The van der Waals surface area contributed by atoms with E-state index in [1.165, 1.54) is 6.20 Å². The fraction of sp³-hybridized carbons (Fsp3) is 0.242. The topological polar surface area (TPSA) is 184 Å². The molecule has 0 aliphatic heterocycles. The van der Waals surface area contributed by atoms with Crippen molar-refractivity contribution in [2.75, 3.05) is 6.61 Å². The first-order valence-electron chi connectivity index (χ1n) is 14.1. The number of carboxylic acid groups (broad SMARTS) is 1. The van der Waals surface area contributed by atoms with Crippen molar-refractivity contribution >= 4 is 34.5 Å². The number of rotatable bonds is 14. The Bertz CT molecular complexity index is 1580. The first-order chi connectivity index (χ1) is 21.2. The molecule has 0 aliphatic rings. The van der Waals surface area contributed by atoms with Gasteiger partial charge in [0.1, 0.15) is 18.1 Å². The van der Waals surface area contributed by atoms with Gasteiger partial charge < -0.3 is 31.9 Å². The van der Waals surface area contributed by atoms with E-state index in [0.717, 1.165) is 21.9 Å². The SMILES string of the molecule is N[C@H](Cc1ccc2ccccc2c1)C(=O)N[C@H](Cc1ccccc1)C(=O)N[C@H](Cc1cccnc1)C(=O)N[C@@H](CO)C(=O)O. The molecule has 0 saturated carbocycles. The van der Waals surface area contributed by atoms with Crippen molar-refractivity contribution in [3.63, 3.8) is 0 Å². The molecule has 0 radical (unpaired) electrons. The predicted molar refractivity (Wildman–Crippen MR) is 164 cm³/mol. The summed E-state index contributed by atoms with van der Waals surface area (Å²) in [6.45, 7) is -0.837. The van der Waals surface area contributed by atoms with E-state index < -0.39 is 54.5 Å². The molecule has 0 aliphatic carbocycles. The van der Waals surface area contributed by atoms with Gasteiger partial charge in [-0.2, -0.15) is 0 Å². The quantitative estimate of drug-likeness (QED) is 0.125. The molecule has 0 unspecified atom stereocenters. The van der Waals surface area contributed by atoms with Gasteiger partial charge in [0.25, 0.3) is 0 Å². The smallest absolute Gasteiger partial charge is 0.328 e. The largest absolute Gasteiger partial charge is 0.480 e. The Kier molecular flexibility index (Phi) is 11.1. The van der Waals surface area contributed by atoms with E-state index in [1.54, 1.807) is 42.6 Å². The summed E-state index contributed by atoms with van der Waals surface area (Å²) in [5.74, 6) is -3.46. The third-order valence-corrected chi connectivity index (χ3v) is 7.11. The molecule has 4 aromatic rings. The lowest BCUT2D eigenvalue weighted by atomic mass is 10.00. The first-order valence-corrected chi connectivity index (χ1v) is 14.1. The van der Waals surface area contributed by atoms with Crippen LogP contribution in [0.4, 0.5) is 0 Å². The maximum atomic E-state index is 13.7. The number of nitrogens with zero attached hydrogens (tertiary/aromatic N) is 1. The lowest BCUT2D eigenvalue weighted by Gasteiger charge is -2.25. The van der Waals surface area contributed by atoms with E-state index in [-0.39, 0.29) is 19.3 Å². The fourth-order valence-electron chi connectivity index (χ4n) is 4.74. The van der Waals surface area contributed by atoms with Gasteiger partial charge in [0, 0.05) is 25.2 Å². The van der Waals surface area contributed by atoms with Crippen LogP contribution in [-0.2, 0) is 38.4 Å². The Morgan fingerprint density at radius 1 is 0.659 bits per heavy atom. The molecule has 0 fully saturated rings. The minimum Gasteiger partial charge on any atom is -0.480 e. The summed E-state index contributed by atoms with van der Waals surface area (Å²) in [4.78, 5) is 55.6. The van der Waals surface area contributed by atoms with Crippen LogP contribution in [0, 0.1) is 0 Å². The van der Waals surface area contributed by atoms with Gasteiger partial charge in [-0.15, -0.1) is 0 Å². The molecule has 7 N–H and O–H groups in total. The van der Waals surface area contributed by atoms with Crippen molar-refractivity contribution in [1.82, 2.24) is 20.9 Å². The van der Waals surface area contributed by atoms with Crippen LogP contribution >= 0.6 is 0 Å². The lowest BCUT2D eigenvalue weighted by Crippen LogP contribution is -2.58. The minimum atomic E-state index is -1.57. The van der Waals surface area contributed by atoms with Crippen LogP contribution in [-0.4, -0.2) is 69.7 Å². The number of nitrogens with one attached hydrogen (secondary N) is 3. The number of fused-ring (bicyclic) bond motifs is 1. The molecule has 228 valence electrons. The van der Waals surface area contributed by atoms with Gasteiger partial charge in [0.15, 0.2) is 0 Å². The van der Waals surface area contributed by atoms with Gasteiger partial charge in [-0.05, 0) is 39.9 Å². The average molecular weight is 598 g/mol. The molecular formula is C33H35N5O6. The number of aliphatic hydroxyl groups excluding tert-OH is 1. The number of carbonyl (C=O) groups excluding carboxylic acids is 3. The summed E-state index contributed by atoms with van der Waals surface area (Å²) in [6.07, 6.45) is 3.39. The second-order valence-electron chi connectivity index (χ2n) is 10.5. The van der Waals surface area contributed by atoms with Crippen molar-refractivity contribution < 1.29 is 29.4 Å². The van der Waals surface area contributed by atoms with Gasteiger partial charge in [0.2, 0.25) is 17.7 Å². The first kappa shape index (κ1) is 31.8. The standard InChI is InChI=1S/C33H35N5O6/c34-26(16-22-12-13-24-10-4-5-11-25(24)15-22)30(40)36-27(17-21-7-2-1-3-8-21)31(41)37-28(18-23-9-6-14-35-19-23)32(42)38-29(20-39)33(43)44/h1-15,19,26-29,39H,16-18,20,34H2,(H,36,40)(H,37,41)(H,38,42)(H,43,44)/t26-,27-,28-,29+/m1/s1. The minimum absolute atomic E-state index is 0.0172. The van der Waals surface area contributed by atoms with Crippen molar-refractivity contribution in [1.29, 1.82) is 0 Å². The summed E-state index contributed by atoms with van der Waals surface area (Å²) in [5, 5.41) is 28.4. The molecule has 4 rings (SSSR count). The Morgan fingerprint density at radius 2 is 1.25 bits per heavy atom. The van der Waals surface area contributed by atoms with Gasteiger partial charge >= 0.3 is 5.97 Å². The molecule has 11 nitrogen and oxygen atoms in total. The molecule has 3 aromatic carbocycles. The van der Waals surface area contributed by atoms with Crippen LogP contribution in [0.25, 0.3) is 10.8 Å². The maximum Gasteiger partial charge on any atom is 0.328 e. The molecule has 0 bridgehead atoms. The van der Waals surface area contributed by atoms with Crippen LogP contribution in [0.15, 0.2) is 97.3 Å². The average Bonchev–Trinajstić information content (AvgIpc) is 3.03. The zero-order valence-corrected chi connectivity index (χ0v) is 23.9. The Balaban J connectivity index is 1.52. The molecule has 1 heterocycles. The van der Waals surface area contributed by atoms with E-state index in [2.05, 4.69) is 20.9 Å². The zero-order chi connectivity index (χ0) is 31.5. The number of pyridine rings is 1. The van der Waals surface area contributed by atoms with E-state index in [0.29, 0.717) is 5.56 Å². The number of nitrogens with two attached hydrogens (primary N) is 1. The molecule has 1 aromatic heterocycles. The van der Waals surface area contributed by atoms with Crippen molar-refractivity contribution in [3.8, 4) is 0 Å². The van der Waals surface area contributed by atoms with Crippen molar-refractivity contribution in [2.45, 2.75) is 43.4 Å². The number of carboxylic acids is 1. The summed E-state index contributed by atoms with van der Waals surface area (Å²) in [6, 6.07) is 21.2. The van der Waals surface area contributed by atoms with Crippen LogP contribution in [0.3, 0.4) is 0 Å². The molecule has 44 heavy (non-hydrogen) atoms. The highest BCUT2D eigenvalue weighted by Gasteiger charge is 2.30. The number of aliphatic hydroxyl groups is 1. The molecule has 4 atom stereocenters. The second-order valence-corrected chi connectivity index (χ2v) is 10.5. The molecule has 11 heteroatoms. The van der Waals surface area contributed by atoms with E-state index in [9.17, 15) is 29.4 Å². The Hall–Kier alpha value is -5.13. The number of benzene rings is 3. The van der Waals surface area contributed by atoms with Gasteiger partial charge in [-0.25, -0.2) is 4.79 Å². The normalized spacial score (nSPS) is 13.7. The Morgan fingerprint density at radius 3 is 1.89 bits per heavy atom. The molecule has 0 spiro atoms. The molecule has 0 saturated heterocycles. The number of aliphatic carboxylic acids is 1. The third kappa shape index (κ3) is 8.93. The number of amides is 3. The third-order valence-electron chi connectivity index (χ3n) is 7.11. The summed E-state index contributed by atoms with van der Waals surface area (Å²) in [5.41, 5.74) is 8.51. The van der Waals surface area contributed by atoms with Crippen LogP contribution < -0.4 is 21.7 Å². The molecule has 3 amide bonds. The summed E-state index contributed by atoms with van der Waals surface area (Å²) < 4.78 is 0. The summed E-state index contributed by atoms with van der Waals surface area (Å²) in [7, 11) is 0. The maximum absolute atomic E-state index is 13.7. The number of hydrogen-bond acceptors (Lipinski definition) is 7. The van der Waals surface area contributed by atoms with E-state index in [4.69, 9.17) is 5.73 Å². The van der Waals surface area contributed by atoms with E-state index >= 15 is 0 Å². The predicted octanol–water partition coefficient (Wildman–Crippen LogP) is 1.12. The monoisotopic (exact) mass is 597 g/mol. The van der Waals surface area contributed by atoms with Crippen LogP contribution in [0.1, 0.15) is 16.7 Å². The highest BCUT2D eigenvalue weighted by Crippen LogP contribution is 2.17. The highest BCUT2D eigenvalue weighted by molar-refractivity contribution is 5.94.